The maximum Gasteiger partial charge on any atom is 0.0389 e. The van der Waals surface area contributed by atoms with Gasteiger partial charge in [0.25, 0.3) is 0 Å². The van der Waals surface area contributed by atoms with Gasteiger partial charge in [-0.1, -0.05) is 29.7 Å². The molecule has 0 atom stereocenters. The summed E-state index contributed by atoms with van der Waals surface area (Å²) >= 11 is 0. The molecule has 2 aromatic rings. The lowest BCUT2D eigenvalue weighted by Gasteiger charge is -2.12. The van der Waals surface area contributed by atoms with Crippen molar-refractivity contribution in [1.82, 2.24) is 0 Å². The minimum absolute atomic E-state index is 0.664. The smallest absolute Gasteiger partial charge is 0.0389 e. The molecule has 0 amide bonds. The van der Waals surface area contributed by atoms with Crippen LogP contribution in [0.2, 0.25) is 0 Å². The van der Waals surface area contributed by atoms with Crippen molar-refractivity contribution in [2.75, 3.05) is 0 Å². The molecule has 0 heterocycles. The molecule has 0 spiro atoms. The molecule has 0 fully saturated rings. The molecule has 0 aliphatic carbocycles. The minimum atomic E-state index is 0.664. The molecular formula is C22H23N. The van der Waals surface area contributed by atoms with E-state index in [1.54, 1.807) is 0 Å². The van der Waals surface area contributed by atoms with Crippen LogP contribution in [0.3, 0.4) is 0 Å². The second-order valence-electron chi connectivity index (χ2n) is 6.14. The van der Waals surface area contributed by atoms with Crippen molar-refractivity contribution >= 4 is 5.71 Å². The third-order valence-electron chi connectivity index (χ3n) is 4.07. The Morgan fingerprint density at radius 3 is 2.39 bits per heavy atom. The van der Waals surface area contributed by atoms with E-state index in [1.165, 1.54) is 16.7 Å². The summed E-state index contributed by atoms with van der Waals surface area (Å²) in [6.07, 6.45) is 7.12. The van der Waals surface area contributed by atoms with Crippen LogP contribution in [0, 0.1) is 31.6 Å². The summed E-state index contributed by atoms with van der Waals surface area (Å²) in [6.45, 7) is 10.1. The van der Waals surface area contributed by atoms with E-state index in [2.05, 4.69) is 50.6 Å². The fraction of sp³-hybridized carbons (Fsp3) is 0.227. The highest BCUT2D eigenvalue weighted by Gasteiger charge is 2.09. The molecule has 2 rings (SSSR count). The van der Waals surface area contributed by atoms with Crippen molar-refractivity contribution in [3.8, 4) is 23.5 Å². The van der Waals surface area contributed by atoms with Crippen LogP contribution in [-0.4, -0.2) is 5.71 Å². The van der Waals surface area contributed by atoms with Gasteiger partial charge in [-0.15, -0.1) is 13.0 Å². The fourth-order valence-electron chi connectivity index (χ4n) is 2.64. The normalized spacial score (nSPS) is 10.2. The molecule has 23 heavy (non-hydrogen) atoms. The van der Waals surface area contributed by atoms with E-state index in [0.29, 0.717) is 5.71 Å². The first-order valence-corrected chi connectivity index (χ1v) is 7.83. The second kappa shape index (κ2) is 7.11. The van der Waals surface area contributed by atoms with Gasteiger partial charge in [0.2, 0.25) is 0 Å². The van der Waals surface area contributed by atoms with Crippen LogP contribution in [0.25, 0.3) is 11.1 Å². The third-order valence-corrected chi connectivity index (χ3v) is 4.07. The van der Waals surface area contributed by atoms with Crippen molar-refractivity contribution in [3.05, 3.63) is 70.8 Å². The Kier molecular flexibility index (Phi) is 5.19. The Bertz CT molecular complexity index is 803. The number of rotatable bonds is 5. The van der Waals surface area contributed by atoms with Gasteiger partial charge >= 0.3 is 0 Å². The molecule has 1 nitrogen and oxygen atoms in total. The molecule has 0 saturated heterocycles. The Morgan fingerprint density at radius 1 is 1.04 bits per heavy atom. The predicted octanol–water partition coefficient (Wildman–Crippen LogP) is 5.68. The maximum atomic E-state index is 8.23. The number of allylic oxidation sites excluding steroid dienone is 1. The lowest BCUT2D eigenvalue weighted by Crippen LogP contribution is -2.00. The summed E-state index contributed by atoms with van der Waals surface area (Å²) in [5.41, 5.74) is 8.37. The Labute approximate surface area is 139 Å². The topological polar surface area (TPSA) is 23.9 Å². The molecule has 2 aromatic carbocycles. The van der Waals surface area contributed by atoms with Gasteiger partial charge in [0, 0.05) is 11.3 Å². The van der Waals surface area contributed by atoms with Gasteiger partial charge in [0.1, 0.15) is 0 Å². The molecule has 0 aliphatic heterocycles. The second-order valence-corrected chi connectivity index (χ2v) is 6.14. The molecule has 0 aliphatic rings. The lowest BCUT2D eigenvalue weighted by molar-refractivity contribution is 1.01. The lowest BCUT2D eigenvalue weighted by atomic mass is 9.92. The highest BCUT2D eigenvalue weighted by atomic mass is 14.4. The molecular weight excluding hydrogens is 278 g/mol. The summed E-state index contributed by atoms with van der Waals surface area (Å²) in [4.78, 5) is 0. The van der Waals surface area contributed by atoms with Gasteiger partial charge in [0.05, 0.1) is 0 Å². The van der Waals surface area contributed by atoms with Crippen LogP contribution in [0.4, 0.5) is 0 Å². The highest BCUT2D eigenvalue weighted by Crippen LogP contribution is 2.28. The van der Waals surface area contributed by atoms with E-state index >= 15 is 0 Å². The van der Waals surface area contributed by atoms with Crippen LogP contribution in [-0.2, 0) is 0 Å². The minimum Gasteiger partial charge on any atom is -0.305 e. The fourth-order valence-corrected chi connectivity index (χ4v) is 2.64. The highest BCUT2D eigenvalue weighted by molar-refractivity contribution is 5.99. The molecule has 0 saturated carbocycles. The van der Waals surface area contributed by atoms with Crippen LogP contribution in [0.5, 0.6) is 0 Å². The van der Waals surface area contributed by atoms with Crippen LogP contribution in [0.15, 0.2) is 48.6 Å². The van der Waals surface area contributed by atoms with Crippen LogP contribution >= 0.6 is 0 Å². The van der Waals surface area contributed by atoms with Crippen molar-refractivity contribution in [1.29, 1.82) is 5.41 Å². The average molecular weight is 301 g/mol. The van der Waals surface area contributed by atoms with Gasteiger partial charge < -0.3 is 5.41 Å². The first-order chi connectivity index (χ1) is 10.9. The number of nitrogens with one attached hydrogen (secondary N) is 1. The molecule has 0 aromatic heterocycles. The number of benzene rings is 2. The van der Waals surface area contributed by atoms with E-state index in [-0.39, 0.29) is 0 Å². The molecule has 0 bridgehead atoms. The average Bonchev–Trinajstić information content (AvgIpc) is 2.53. The van der Waals surface area contributed by atoms with Gasteiger partial charge in [-0.25, -0.2) is 0 Å². The van der Waals surface area contributed by atoms with Crippen molar-refractivity contribution in [2.24, 2.45) is 0 Å². The van der Waals surface area contributed by atoms with Crippen LogP contribution < -0.4 is 0 Å². The maximum absolute atomic E-state index is 8.23. The first kappa shape index (κ1) is 16.8. The van der Waals surface area contributed by atoms with Gasteiger partial charge in [-0.05, 0) is 79.6 Å². The zero-order chi connectivity index (χ0) is 17.0. The van der Waals surface area contributed by atoms with Gasteiger partial charge in [-0.2, -0.15) is 0 Å². The van der Waals surface area contributed by atoms with Crippen molar-refractivity contribution in [2.45, 2.75) is 33.6 Å². The summed E-state index contributed by atoms with van der Waals surface area (Å²) in [7, 11) is 0. The van der Waals surface area contributed by atoms with E-state index in [0.717, 1.165) is 35.1 Å². The number of hydrogen-bond donors (Lipinski definition) is 1. The van der Waals surface area contributed by atoms with E-state index in [4.69, 9.17) is 11.8 Å². The molecule has 1 N–H and O–H groups in total. The summed E-state index contributed by atoms with van der Waals surface area (Å²) < 4.78 is 0. The quantitative estimate of drug-likeness (QED) is 0.417. The zero-order valence-electron chi connectivity index (χ0n) is 14.2. The van der Waals surface area contributed by atoms with Crippen molar-refractivity contribution < 1.29 is 0 Å². The number of terminal acetylenes is 1. The molecule has 1 heteroatoms. The Hall–Kier alpha value is -2.59. The number of hydrogen-bond acceptors (Lipinski definition) is 1. The molecule has 0 radical (unpaired) electrons. The third kappa shape index (κ3) is 3.99. The van der Waals surface area contributed by atoms with Crippen molar-refractivity contribution in [3.63, 3.8) is 0 Å². The number of aryl methyl sites for hydroxylation is 2. The Balaban J connectivity index is 2.35. The zero-order valence-corrected chi connectivity index (χ0v) is 14.2. The first-order valence-electron chi connectivity index (χ1n) is 7.83. The summed E-state index contributed by atoms with van der Waals surface area (Å²) in [5, 5.41) is 8.23. The molecule has 0 unspecified atom stereocenters. The largest absolute Gasteiger partial charge is 0.305 e. The monoisotopic (exact) mass is 301 g/mol. The Morgan fingerprint density at radius 2 is 1.78 bits per heavy atom. The molecule has 116 valence electrons. The van der Waals surface area contributed by atoms with E-state index in [9.17, 15) is 0 Å². The van der Waals surface area contributed by atoms with Gasteiger partial charge in [0.15, 0.2) is 0 Å². The standard InChI is InChI=1S/C22H23N/c1-6-18-9-8-16(4)21(14-18)20-11-10-19(13-17(20)5)22(23)12-7-15(2)3/h1,8-11,13-14,23H,2,7,12H2,3-5H3. The summed E-state index contributed by atoms with van der Waals surface area (Å²) in [5.74, 6) is 2.70. The van der Waals surface area contributed by atoms with E-state index in [1.807, 2.05) is 19.1 Å². The van der Waals surface area contributed by atoms with E-state index < -0.39 is 0 Å². The SMILES string of the molecule is C#Cc1ccc(C)c(-c2ccc(C(=N)CCC(=C)C)cc2C)c1. The predicted molar refractivity (Wildman–Crippen MR) is 100 cm³/mol. The van der Waals surface area contributed by atoms with Gasteiger partial charge in [-0.3, -0.25) is 0 Å². The van der Waals surface area contributed by atoms with Crippen LogP contribution in [0.1, 0.15) is 42.0 Å². The summed E-state index contributed by atoms with van der Waals surface area (Å²) in [6, 6.07) is 12.3.